The van der Waals surface area contributed by atoms with Gasteiger partial charge in [0.15, 0.2) is 23.0 Å². The Morgan fingerprint density at radius 2 is 1.39 bits per heavy atom. The van der Waals surface area contributed by atoms with E-state index in [1.807, 2.05) is 54.2 Å². The molecule has 5 heterocycles. The zero-order valence-electron chi connectivity index (χ0n) is 21.9. The van der Waals surface area contributed by atoms with Crippen molar-refractivity contribution in [2.45, 2.75) is 26.1 Å². The summed E-state index contributed by atoms with van der Waals surface area (Å²) in [5.41, 5.74) is 2.56. The summed E-state index contributed by atoms with van der Waals surface area (Å²) in [6.45, 7) is 3.50. The minimum atomic E-state index is -0.127. The maximum absolute atomic E-state index is 6.39. The number of alkyl halides is 1. The van der Waals surface area contributed by atoms with E-state index < -0.39 is 0 Å². The minimum absolute atomic E-state index is 0.127. The summed E-state index contributed by atoms with van der Waals surface area (Å²) in [5, 5.41) is 12.8. The number of halogens is 1. The van der Waals surface area contributed by atoms with Crippen molar-refractivity contribution < 1.29 is 28.0 Å². The van der Waals surface area contributed by atoms with Crippen molar-refractivity contribution >= 4 is 11.6 Å². The average molecular weight is 578 g/mol. The van der Waals surface area contributed by atoms with Crippen LogP contribution in [-0.2, 0) is 13.1 Å². The Balaban J connectivity index is 1.12. The maximum Gasteiger partial charge on any atom is 0.241 e. The molecule has 0 saturated heterocycles. The van der Waals surface area contributed by atoms with Crippen LogP contribution in [0.5, 0.6) is 23.0 Å². The van der Waals surface area contributed by atoms with Gasteiger partial charge in [0.2, 0.25) is 37.0 Å². The van der Waals surface area contributed by atoms with E-state index in [0.717, 1.165) is 16.7 Å². The molecule has 0 bridgehead atoms. The van der Waals surface area contributed by atoms with Crippen molar-refractivity contribution in [3.8, 4) is 45.8 Å². The molecular weight excluding hydrogens is 554 g/mol. The number of rotatable bonds is 10. The fourth-order valence-corrected chi connectivity index (χ4v) is 4.88. The molecule has 1 atom stereocenters. The highest BCUT2D eigenvalue weighted by atomic mass is 35.5. The molecule has 0 amide bonds. The van der Waals surface area contributed by atoms with Crippen LogP contribution in [0, 0.1) is 6.92 Å². The zero-order chi connectivity index (χ0) is 27.8. The van der Waals surface area contributed by atoms with E-state index in [0.29, 0.717) is 71.9 Å². The number of fused-ring (bicyclic) bond motifs is 2. The highest BCUT2D eigenvalue weighted by molar-refractivity contribution is 6.18. The Morgan fingerprint density at radius 1 is 0.829 bits per heavy atom. The molecule has 2 aliphatic rings. The number of aryl methyl sites for hydroxylation is 1. The van der Waals surface area contributed by atoms with Gasteiger partial charge in [-0.2, -0.15) is 15.1 Å². The van der Waals surface area contributed by atoms with Crippen molar-refractivity contribution in [3.63, 3.8) is 0 Å². The lowest BCUT2D eigenvalue weighted by Gasteiger charge is -2.24. The standard InChI is InChI=1S/C27H24ClN7O6/c1-16-9-29-35(10-16)19(8-28)11-34(12-24-30-26(32-40-24)17-2-4-20-22(6-17)38-14-36-20)13-25-31-27(33-41-25)18-3-5-21-23(7-18)39-15-37-21/h2-7,9-10,19H,8,11-15H2,1H3/t19-/m1/s1. The minimum Gasteiger partial charge on any atom is -0.454 e. The summed E-state index contributed by atoms with van der Waals surface area (Å²) >= 11 is 6.39. The number of nitrogens with zero attached hydrogens (tertiary/aromatic N) is 7. The SMILES string of the molecule is Cc1cnn([C@H](CCl)CN(Cc2nc(-c3ccc4c(c3)OCO4)no2)Cc2nc(-c3ccc4c(c3)OCO4)no2)c1. The lowest BCUT2D eigenvalue weighted by atomic mass is 10.2. The molecule has 0 unspecified atom stereocenters. The van der Waals surface area contributed by atoms with E-state index in [1.165, 1.54) is 0 Å². The molecule has 0 aliphatic carbocycles. The third-order valence-corrected chi connectivity index (χ3v) is 7.02. The van der Waals surface area contributed by atoms with Crippen molar-refractivity contribution in [2.75, 3.05) is 26.0 Å². The normalized spacial score (nSPS) is 14.2. The van der Waals surface area contributed by atoms with Crippen LogP contribution in [-0.4, -0.2) is 61.0 Å². The summed E-state index contributed by atoms with van der Waals surface area (Å²) < 4.78 is 34.9. The second-order valence-electron chi connectivity index (χ2n) is 9.63. The summed E-state index contributed by atoms with van der Waals surface area (Å²) in [4.78, 5) is 11.3. The molecule has 0 saturated carbocycles. The van der Waals surface area contributed by atoms with Crippen LogP contribution >= 0.6 is 11.6 Å². The van der Waals surface area contributed by atoms with E-state index in [9.17, 15) is 0 Å². The summed E-state index contributed by atoms with van der Waals surface area (Å²) in [6, 6.07) is 10.9. The van der Waals surface area contributed by atoms with Crippen LogP contribution in [0.3, 0.4) is 0 Å². The molecule has 3 aromatic heterocycles. The van der Waals surface area contributed by atoms with Gasteiger partial charge in [-0.3, -0.25) is 9.58 Å². The fraction of sp³-hybridized carbons (Fsp3) is 0.296. The van der Waals surface area contributed by atoms with Gasteiger partial charge in [0.05, 0.1) is 25.3 Å². The van der Waals surface area contributed by atoms with Crippen LogP contribution in [0.1, 0.15) is 23.4 Å². The van der Waals surface area contributed by atoms with Gasteiger partial charge in [0, 0.05) is 29.7 Å². The third-order valence-electron chi connectivity index (χ3n) is 6.67. The number of hydrogen-bond donors (Lipinski definition) is 0. The lowest BCUT2D eigenvalue weighted by Crippen LogP contribution is -2.31. The monoisotopic (exact) mass is 577 g/mol. The largest absolute Gasteiger partial charge is 0.454 e. The van der Waals surface area contributed by atoms with Gasteiger partial charge in [0.25, 0.3) is 0 Å². The van der Waals surface area contributed by atoms with Crippen molar-refractivity contribution in [1.29, 1.82) is 0 Å². The second kappa shape index (κ2) is 10.7. The Bertz CT molecular complexity index is 1590. The highest BCUT2D eigenvalue weighted by Gasteiger charge is 2.23. The molecule has 14 heteroatoms. The Labute approximate surface area is 238 Å². The van der Waals surface area contributed by atoms with E-state index in [-0.39, 0.29) is 19.6 Å². The summed E-state index contributed by atoms with van der Waals surface area (Å²) in [7, 11) is 0. The average Bonchev–Trinajstić information content (AvgIpc) is 3.81. The first-order chi connectivity index (χ1) is 20.1. The quantitative estimate of drug-likeness (QED) is 0.220. The first kappa shape index (κ1) is 25.4. The first-order valence-electron chi connectivity index (χ1n) is 12.9. The number of aromatic nitrogens is 6. The van der Waals surface area contributed by atoms with Gasteiger partial charge >= 0.3 is 0 Å². The molecule has 0 spiro atoms. The fourth-order valence-electron chi connectivity index (χ4n) is 4.65. The zero-order valence-corrected chi connectivity index (χ0v) is 22.7. The van der Waals surface area contributed by atoms with Crippen LogP contribution in [0.25, 0.3) is 22.8 Å². The number of ether oxygens (including phenoxy) is 4. The Kier molecular flexibility index (Phi) is 6.65. The second-order valence-corrected chi connectivity index (χ2v) is 9.94. The molecule has 5 aromatic rings. The molecule has 0 fully saturated rings. The highest BCUT2D eigenvalue weighted by Crippen LogP contribution is 2.36. The van der Waals surface area contributed by atoms with E-state index in [2.05, 4.69) is 30.3 Å². The summed E-state index contributed by atoms with van der Waals surface area (Å²) in [6.07, 6.45) is 3.76. The molecule has 0 N–H and O–H groups in total. The van der Waals surface area contributed by atoms with Crippen LogP contribution in [0.2, 0.25) is 0 Å². The van der Waals surface area contributed by atoms with Gasteiger partial charge in [-0.1, -0.05) is 10.3 Å². The van der Waals surface area contributed by atoms with Crippen LogP contribution in [0.4, 0.5) is 0 Å². The third kappa shape index (κ3) is 5.28. The molecule has 0 radical (unpaired) electrons. The molecule has 13 nitrogen and oxygen atoms in total. The summed E-state index contributed by atoms with van der Waals surface area (Å²) in [5.74, 6) is 4.71. The van der Waals surface area contributed by atoms with Gasteiger partial charge < -0.3 is 28.0 Å². The van der Waals surface area contributed by atoms with Gasteiger partial charge in [0.1, 0.15) is 0 Å². The molecule has 2 aliphatic heterocycles. The first-order valence-corrected chi connectivity index (χ1v) is 13.4. The number of hydrogen-bond acceptors (Lipinski definition) is 12. The van der Waals surface area contributed by atoms with Crippen molar-refractivity contribution in [2.24, 2.45) is 0 Å². The van der Waals surface area contributed by atoms with E-state index in [4.69, 9.17) is 39.6 Å². The predicted molar refractivity (Wildman–Crippen MR) is 143 cm³/mol. The molecular formula is C27H24ClN7O6. The number of benzene rings is 2. The Morgan fingerprint density at radius 3 is 1.90 bits per heavy atom. The molecule has 210 valence electrons. The molecule has 41 heavy (non-hydrogen) atoms. The topological polar surface area (TPSA) is 136 Å². The van der Waals surface area contributed by atoms with E-state index >= 15 is 0 Å². The van der Waals surface area contributed by atoms with Crippen LogP contribution in [0.15, 0.2) is 57.8 Å². The van der Waals surface area contributed by atoms with Gasteiger partial charge in [-0.05, 0) is 48.9 Å². The lowest BCUT2D eigenvalue weighted by molar-refractivity contribution is 0.170. The van der Waals surface area contributed by atoms with Crippen molar-refractivity contribution in [1.82, 2.24) is 35.0 Å². The smallest absolute Gasteiger partial charge is 0.241 e. The predicted octanol–water partition coefficient (Wildman–Crippen LogP) is 4.23. The van der Waals surface area contributed by atoms with Gasteiger partial charge in [-0.25, -0.2) is 0 Å². The van der Waals surface area contributed by atoms with Crippen LogP contribution < -0.4 is 18.9 Å². The van der Waals surface area contributed by atoms with Crippen molar-refractivity contribution in [3.05, 3.63) is 66.1 Å². The molecule has 7 rings (SSSR count). The van der Waals surface area contributed by atoms with Gasteiger partial charge in [-0.15, -0.1) is 11.6 Å². The maximum atomic E-state index is 6.39. The van der Waals surface area contributed by atoms with E-state index in [1.54, 1.807) is 6.20 Å². The molecule has 2 aromatic carbocycles. The Hall–Kier alpha value is -4.62.